The first-order valence-electron chi connectivity index (χ1n) is 5.01. The highest BCUT2D eigenvalue weighted by Crippen LogP contribution is 2.09. The Labute approximate surface area is 80.7 Å². The van der Waals surface area contributed by atoms with Crippen LogP contribution in [0, 0.1) is 11.8 Å². The van der Waals surface area contributed by atoms with Gasteiger partial charge < -0.3 is 0 Å². The zero-order chi connectivity index (χ0) is 10.4. The first-order chi connectivity index (χ1) is 5.97. The van der Waals surface area contributed by atoms with Crippen molar-refractivity contribution in [3.63, 3.8) is 0 Å². The molecule has 76 valence electrons. The second-order valence-corrected chi connectivity index (χ2v) is 4.09. The van der Waals surface area contributed by atoms with E-state index in [-0.39, 0.29) is 23.9 Å². The zero-order valence-corrected chi connectivity index (χ0v) is 9.09. The average molecular weight is 184 g/mol. The first-order valence-corrected chi connectivity index (χ1v) is 5.01. The van der Waals surface area contributed by atoms with Crippen molar-refractivity contribution >= 4 is 11.6 Å². The van der Waals surface area contributed by atoms with Crippen molar-refractivity contribution in [3.05, 3.63) is 0 Å². The van der Waals surface area contributed by atoms with E-state index in [4.69, 9.17) is 0 Å². The minimum atomic E-state index is 0.0381. The molecule has 0 aliphatic heterocycles. The van der Waals surface area contributed by atoms with Crippen molar-refractivity contribution in [1.29, 1.82) is 0 Å². The Bertz CT molecular complexity index is 183. The fraction of sp³-hybridized carbons (Fsp3) is 0.818. The van der Waals surface area contributed by atoms with Crippen LogP contribution in [-0.4, -0.2) is 11.6 Å². The average Bonchev–Trinajstić information content (AvgIpc) is 2.01. The van der Waals surface area contributed by atoms with Crippen molar-refractivity contribution in [2.24, 2.45) is 11.8 Å². The fourth-order valence-corrected chi connectivity index (χ4v) is 1.12. The second kappa shape index (κ2) is 5.90. The Morgan fingerprint density at radius 1 is 1.15 bits per heavy atom. The Kier molecular flexibility index (Phi) is 5.60. The molecule has 0 spiro atoms. The lowest BCUT2D eigenvalue weighted by Crippen LogP contribution is -2.16. The van der Waals surface area contributed by atoms with E-state index in [0.29, 0.717) is 12.3 Å². The summed E-state index contributed by atoms with van der Waals surface area (Å²) < 4.78 is 0. The standard InChI is InChI=1S/C11H20O2/c1-5-9(4)11(13)7-10(12)6-8(2)3/h8-9H,5-7H2,1-4H3. The molecule has 0 aromatic carbocycles. The van der Waals surface area contributed by atoms with E-state index in [0.717, 1.165) is 6.42 Å². The summed E-state index contributed by atoms with van der Waals surface area (Å²) >= 11 is 0. The molecular formula is C11H20O2. The van der Waals surface area contributed by atoms with Crippen LogP contribution in [0.4, 0.5) is 0 Å². The highest BCUT2D eigenvalue weighted by atomic mass is 16.1. The van der Waals surface area contributed by atoms with Gasteiger partial charge in [0.15, 0.2) is 0 Å². The zero-order valence-electron chi connectivity index (χ0n) is 9.09. The van der Waals surface area contributed by atoms with Gasteiger partial charge in [-0.1, -0.05) is 27.7 Å². The van der Waals surface area contributed by atoms with Crippen LogP contribution >= 0.6 is 0 Å². The van der Waals surface area contributed by atoms with E-state index >= 15 is 0 Å². The molecule has 0 rings (SSSR count). The lowest BCUT2D eigenvalue weighted by atomic mass is 9.96. The minimum absolute atomic E-state index is 0.0381. The molecule has 1 unspecified atom stereocenters. The van der Waals surface area contributed by atoms with Gasteiger partial charge in [-0.25, -0.2) is 0 Å². The van der Waals surface area contributed by atoms with Crippen molar-refractivity contribution in [3.8, 4) is 0 Å². The van der Waals surface area contributed by atoms with Gasteiger partial charge in [-0.2, -0.15) is 0 Å². The van der Waals surface area contributed by atoms with Gasteiger partial charge >= 0.3 is 0 Å². The van der Waals surface area contributed by atoms with E-state index in [2.05, 4.69) is 0 Å². The number of carbonyl (C=O) groups is 2. The highest BCUT2D eigenvalue weighted by molar-refractivity contribution is 5.99. The number of rotatable bonds is 6. The monoisotopic (exact) mass is 184 g/mol. The summed E-state index contributed by atoms with van der Waals surface area (Å²) in [5, 5.41) is 0. The molecule has 2 nitrogen and oxygen atoms in total. The molecule has 0 bridgehead atoms. The molecule has 0 aliphatic rings. The predicted molar refractivity (Wildman–Crippen MR) is 53.5 cm³/mol. The van der Waals surface area contributed by atoms with Crippen molar-refractivity contribution in [2.75, 3.05) is 0 Å². The molecular weight excluding hydrogens is 164 g/mol. The van der Waals surface area contributed by atoms with Crippen LogP contribution in [0.2, 0.25) is 0 Å². The molecule has 0 fully saturated rings. The Morgan fingerprint density at radius 2 is 1.69 bits per heavy atom. The van der Waals surface area contributed by atoms with Gasteiger partial charge in [0.25, 0.3) is 0 Å². The van der Waals surface area contributed by atoms with Gasteiger partial charge in [0.1, 0.15) is 11.6 Å². The van der Waals surface area contributed by atoms with Gasteiger partial charge in [-0.05, 0) is 12.3 Å². The third-order valence-electron chi connectivity index (χ3n) is 2.17. The van der Waals surface area contributed by atoms with Crippen LogP contribution in [0.25, 0.3) is 0 Å². The molecule has 0 radical (unpaired) electrons. The molecule has 0 saturated carbocycles. The summed E-state index contributed by atoms with van der Waals surface area (Å²) in [5.41, 5.74) is 0. The van der Waals surface area contributed by atoms with Gasteiger partial charge in [0.05, 0.1) is 6.42 Å². The molecule has 0 aliphatic carbocycles. The molecule has 0 saturated heterocycles. The minimum Gasteiger partial charge on any atom is -0.299 e. The second-order valence-electron chi connectivity index (χ2n) is 4.09. The Balaban J connectivity index is 3.85. The van der Waals surface area contributed by atoms with E-state index in [1.165, 1.54) is 0 Å². The topological polar surface area (TPSA) is 34.1 Å². The largest absolute Gasteiger partial charge is 0.299 e. The quantitative estimate of drug-likeness (QED) is 0.595. The van der Waals surface area contributed by atoms with Crippen molar-refractivity contribution in [2.45, 2.75) is 47.0 Å². The van der Waals surface area contributed by atoms with Crippen LogP contribution in [-0.2, 0) is 9.59 Å². The SMILES string of the molecule is CCC(C)C(=O)CC(=O)CC(C)C. The number of hydrogen-bond donors (Lipinski definition) is 0. The van der Waals surface area contributed by atoms with Crippen LogP contribution in [0.1, 0.15) is 47.0 Å². The van der Waals surface area contributed by atoms with E-state index in [9.17, 15) is 9.59 Å². The summed E-state index contributed by atoms with van der Waals surface area (Å²) in [5.74, 6) is 0.571. The molecule has 0 aromatic rings. The van der Waals surface area contributed by atoms with Gasteiger partial charge in [-0.15, -0.1) is 0 Å². The van der Waals surface area contributed by atoms with Crippen molar-refractivity contribution < 1.29 is 9.59 Å². The molecule has 0 N–H and O–H groups in total. The molecule has 13 heavy (non-hydrogen) atoms. The molecule has 0 heterocycles. The molecule has 0 amide bonds. The highest BCUT2D eigenvalue weighted by Gasteiger charge is 2.15. The van der Waals surface area contributed by atoms with Gasteiger partial charge in [-0.3, -0.25) is 9.59 Å². The number of ketones is 2. The predicted octanol–water partition coefficient (Wildman–Crippen LogP) is 2.61. The smallest absolute Gasteiger partial charge is 0.143 e. The fourth-order valence-electron chi connectivity index (χ4n) is 1.12. The van der Waals surface area contributed by atoms with Crippen molar-refractivity contribution in [1.82, 2.24) is 0 Å². The molecule has 1 atom stereocenters. The third-order valence-corrected chi connectivity index (χ3v) is 2.17. The summed E-state index contributed by atoms with van der Waals surface area (Å²) in [4.78, 5) is 22.6. The Hall–Kier alpha value is -0.660. The van der Waals surface area contributed by atoms with Crippen LogP contribution in [0.5, 0.6) is 0 Å². The summed E-state index contributed by atoms with van der Waals surface area (Å²) in [6.07, 6.45) is 1.49. The summed E-state index contributed by atoms with van der Waals surface area (Å²) in [7, 11) is 0. The van der Waals surface area contributed by atoms with E-state index in [1.807, 2.05) is 27.7 Å². The maximum absolute atomic E-state index is 11.3. The lowest BCUT2D eigenvalue weighted by molar-refractivity contribution is -0.129. The number of carbonyl (C=O) groups excluding carboxylic acids is 2. The summed E-state index contributed by atoms with van der Waals surface area (Å²) in [6, 6.07) is 0. The molecule has 0 aromatic heterocycles. The van der Waals surface area contributed by atoms with Gasteiger partial charge in [0, 0.05) is 12.3 Å². The van der Waals surface area contributed by atoms with Crippen LogP contribution < -0.4 is 0 Å². The van der Waals surface area contributed by atoms with Gasteiger partial charge in [0.2, 0.25) is 0 Å². The Morgan fingerprint density at radius 3 is 2.08 bits per heavy atom. The van der Waals surface area contributed by atoms with E-state index in [1.54, 1.807) is 0 Å². The third kappa shape index (κ3) is 5.56. The first kappa shape index (κ1) is 12.3. The maximum atomic E-state index is 11.3. The lowest BCUT2D eigenvalue weighted by Gasteiger charge is -2.07. The molecule has 2 heteroatoms. The van der Waals surface area contributed by atoms with Crippen LogP contribution in [0.3, 0.4) is 0 Å². The maximum Gasteiger partial charge on any atom is 0.143 e. The number of Topliss-reactive ketones (excluding diaryl/α,β-unsaturated/α-hetero) is 2. The number of hydrogen-bond acceptors (Lipinski definition) is 2. The summed E-state index contributed by atoms with van der Waals surface area (Å²) in [6.45, 7) is 7.83. The normalized spacial score (nSPS) is 13.0. The van der Waals surface area contributed by atoms with Crippen LogP contribution in [0.15, 0.2) is 0 Å². The van der Waals surface area contributed by atoms with E-state index < -0.39 is 0 Å².